The van der Waals surface area contributed by atoms with Gasteiger partial charge < -0.3 is 9.84 Å². The van der Waals surface area contributed by atoms with E-state index >= 15 is 0 Å². The number of carbonyl (C=O) groups excluding carboxylic acids is 1. The van der Waals surface area contributed by atoms with Crippen molar-refractivity contribution in [3.05, 3.63) is 76.3 Å². The van der Waals surface area contributed by atoms with Crippen LogP contribution in [0.5, 0.6) is 5.75 Å². The first-order valence-corrected chi connectivity index (χ1v) is 9.49. The zero-order valence-corrected chi connectivity index (χ0v) is 17.0. The second-order valence-corrected chi connectivity index (χ2v) is 7.14. The molecular weight excluding hydrogens is 404 g/mol. The van der Waals surface area contributed by atoms with Crippen LogP contribution >= 0.6 is 11.6 Å². The molecule has 4 rings (SSSR count). The highest BCUT2D eigenvalue weighted by molar-refractivity contribution is 6.34. The topological polar surface area (TPSA) is 79.2 Å². The number of benzene rings is 3. The fraction of sp³-hybridized carbons (Fsp3) is 0.0870. The van der Waals surface area contributed by atoms with Gasteiger partial charge in [0.1, 0.15) is 5.75 Å². The number of hydrogen-bond donors (Lipinski definition) is 1. The quantitative estimate of drug-likeness (QED) is 0.602. The number of amides is 1. The summed E-state index contributed by atoms with van der Waals surface area (Å²) in [6, 6.07) is 16.0. The van der Waals surface area contributed by atoms with Crippen LogP contribution in [0.2, 0.25) is 5.02 Å². The molecule has 0 fully saturated rings. The Morgan fingerprint density at radius 1 is 1.17 bits per heavy atom. The van der Waals surface area contributed by atoms with Crippen LogP contribution in [0.4, 0.5) is 5.69 Å². The fourth-order valence-corrected chi connectivity index (χ4v) is 3.61. The van der Waals surface area contributed by atoms with E-state index in [1.54, 1.807) is 26.2 Å². The van der Waals surface area contributed by atoms with Crippen LogP contribution in [0.3, 0.4) is 0 Å². The molecule has 0 radical (unpaired) electrons. The molecule has 0 atom stereocenters. The molecule has 0 aliphatic carbocycles. The minimum absolute atomic E-state index is 0.0925. The van der Waals surface area contributed by atoms with Gasteiger partial charge in [-0.15, -0.1) is 0 Å². The lowest BCUT2D eigenvalue weighted by atomic mass is 10.00. The van der Waals surface area contributed by atoms with E-state index in [9.17, 15) is 14.7 Å². The summed E-state index contributed by atoms with van der Waals surface area (Å²) >= 11 is 5.94. The Labute approximate surface area is 177 Å². The number of aromatic carboxylic acids is 1. The SMILES string of the molecule is COc1ccc2ccccc2c1/C=C1/C(=O)N(c2ccc(Cl)c(C(=O)O)c2)N=C1C. The molecule has 1 heterocycles. The Morgan fingerprint density at radius 2 is 1.93 bits per heavy atom. The Bertz CT molecular complexity index is 1260. The maximum atomic E-state index is 13.1. The Kier molecular flexibility index (Phi) is 5.01. The minimum Gasteiger partial charge on any atom is -0.496 e. The predicted molar refractivity (Wildman–Crippen MR) is 117 cm³/mol. The van der Waals surface area contributed by atoms with Crippen LogP contribution in [-0.2, 0) is 4.79 Å². The third-order valence-corrected chi connectivity index (χ3v) is 5.26. The number of hydrazone groups is 1. The Hall–Kier alpha value is -3.64. The molecule has 0 aromatic heterocycles. The highest BCUT2D eigenvalue weighted by atomic mass is 35.5. The Balaban J connectivity index is 1.81. The van der Waals surface area contributed by atoms with E-state index in [2.05, 4.69) is 5.10 Å². The van der Waals surface area contributed by atoms with Crippen LogP contribution < -0.4 is 9.75 Å². The van der Waals surface area contributed by atoms with Crippen molar-refractivity contribution in [1.29, 1.82) is 0 Å². The number of methoxy groups -OCH3 is 1. The number of halogens is 1. The summed E-state index contributed by atoms with van der Waals surface area (Å²) < 4.78 is 5.51. The predicted octanol–water partition coefficient (Wildman–Crippen LogP) is 5.01. The minimum atomic E-state index is -1.18. The van der Waals surface area contributed by atoms with Crippen molar-refractivity contribution >= 4 is 51.7 Å². The van der Waals surface area contributed by atoms with E-state index in [0.29, 0.717) is 22.7 Å². The van der Waals surface area contributed by atoms with Crippen molar-refractivity contribution in [2.24, 2.45) is 5.10 Å². The van der Waals surface area contributed by atoms with Crippen LogP contribution in [-0.4, -0.2) is 29.8 Å². The van der Waals surface area contributed by atoms with Gasteiger partial charge in [-0.3, -0.25) is 4.79 Å². The molecule has 1 N–H and O–H groups in total. The van der Waals surface area contributed by atoms with Gasteiger partial charge in [0.25, 0.3) is 5.91 Å². The maximum absolute atomic E-state index is 13.1. The van der Waals surface area contributed by atoms with Gasteiger partial charge in [0.2, 0.25) is 0 Å². The van der Waals surface area contributed by atoms with Crippen LogP contribution in [0.1, 0.15) is 22.8 Å². The normalized spacial score (nSPS) is 15.0. The lowest BCUT2D eigenvalue weighted by Crippen LogP contribution is -2.21. The molecule has 0 bridgehead atoms. The number of rotatable bonds is 4. The summed E-state index contributed by atoms with van der Waals surface area (Å²) in [5.74, 6) is -0.897. The van der Waals surface area contributed by atoms with E-state index in [4.69, 9.17) is 16.3 Å². The van der Waals surface area contributed by atoms with Crippen molar-refractivity contribution in [3.63, 3.8) is 0 Å². The number of fused-ring (bicyclic) bond motifs is 1. The number of ether oxygens (including phenoxy) is 1. The lowest BCUT2D eigenvalue weighted by Gasteiger charge is -2.13. The van der Waals surface area contributed by atoms with Crippen molar-refractivity contribution in [2.75, 3.05) is 12.1 Å². The van der Waals surface area contributed by atoms with Crippen LogP contribution in [0.15, 0.2) is 65.3 Å². The lowest BCUT2D eigenvalue weighted by molar-refractivity contribution is -0.114. The zero-order valence-electron chi connectivity index (χ0n) is 16.2. The average molecular weight is 421 g/mol. The van der Waals surface area contributed by atoms with Gasteiger partial charge in [-0.2, -0.15) is 10.1 Å². The summed E-state index contributed by atoms with van der Waals surface area (Å²) in [5.41, 5.74) is 1.92. The molecule has 150 valence electrons. The molecule has 0 saturated heterocycles. The molecule has 30 heavy (non-hydrogen) atoms. The van der Waals surface area contributed by atoms with Gasteiger partial charge in [-0.05, 0) is 48.0 Å². The molecule has 0 spiro atoms. The van der Waals surface area contributed by atoms with E-state index in [-0.39, 0.29) is 16.5 Å². The van der Waals surface area contributed by atoms with Crippen LogP contribution in [0.25, 0.3) is 16.8 Å². The number of nitrogens with zero attached hydrogens (tertiary/aromatic N) is 2. The second kappa shape index (κ2) is 7.65. The largest absolute Gasteiger partial charge is 0.496 e. The van der Waals surface area contributed by atoms with E-state index in [1.165, 1.54) is 17.1 Å². The van der Waals surface area contributed by atoms with E-state index < -0.39 is 5.97 Å². The smallest absolute Gasteiger partial charge is 0.337 e. The number of anilines is 1. The maximum Gasteiger partial charge on any atom is 0.337 e. The van der Waals surface area contributed by atoms with Gasteiger partial charge in [0, 0.05) is 5.56 Å². The molecule has 1 amide bonds. The number of hydrogen-bond acceptors (Lipinski definition) is 4. The first kappa shape index (κ1) is 19.7. The van der Waals surface area contributed by atoms with E-state index in [1.807, 2.05) is 36.4 Å². The van der Waals surface area contributed by atoms with Gasteiger partial charge in [-0.1, -0.05) is 41.9 Å². The molecule has 1 aliphatic rings. The molecule has 3 aromatic rings. The fourth-order valence-electron chi connectivity index (χ4n) is 3.42. The average Bonchev–Trinajstić information content (AvgIpc) is 3.02. The third kappa shape index (κ3) is 3.31. The molecule has 1 aliphatic heterocycles. The van der Waals surface area contributed by atoms with Crippen molar-refractivity contribution in [1.82, 2.24) is 0 Å². The first-order chi connectivity index (χ1) is 14.4. The van der Waals surface area contributed by atoms with Crippen molar-refractivity contribution in [3.8, 4) is 5.75 Å². The van der Waals surface area contributed by atoms with E-state index in [0.717, 1.165) is 16.3 Å². The second-order valence-electron chi connectivity index (χ2n) is 6.73. The molecule has 3 aromatic carbocycles. The summed E-state index contributed by atoms with van der Waals surface area (Å²) in [6.07, 6.45) is 1.76. The van der Waals surface area contributed by atoms with Gasteiger partial charge in [-0.25, -0.2) is 4.79 Å². The highest BCUT2D eigenvalue weighted by Gasteiger charge is 2.30. The van der Waals surface area contributed by atoms with Crippen molar-refractivity contribution < 1.29 is 19.4 Å². The molecular formula is C23H17ClN2O4. The van der Waals surface area contributed by atoms with Gasteiger partial charge in [0.05, 0.1) is 34.7 Å². The number of carboxylic acids is 1. The van der Waals surface area contributed by atoms with Crippen molar-refractivity contribution in [2.45, 2.75) is 6.92 Å². The Morgan fingerprint density at radius 3 is 2.67 bits per heavy atom. The summed E-state index contributed by atoms with van der Waals surface area (Å²) in [4.78, 5) is 24.5. The van der Waals surface area contributed by atoms with Crippen LogP contribution in [0, 0.1) is 0 Å². The number of carboxylic acid groups (broad SMARTS) is 1. The molecule has 0 unspecified atom stereocenters. The van der Waals surface area contributed by atoms with Gasteiger partial charge in [0.15, 0.2) is 0 Å². The summed E-state index contributed by atoms with van der Waals surface area (Å²) in [5, 5.41) is 16.9. The standard InChI is InChI=1S/C23H17ClN2O4/c1-13-17(12-18-16-6-4-3-5-14(16)7-10-21(18)30-2)22(27)26(25-13)15-8-9-20(24)19(11-15)23(28)29/h3-12H,1-2H3,(H,28,29)/b17-12+. The molecule has 6 nitrogen and oxygen atoms in total. The van der Waals surface area contributed by atoms with Gasteiger partial charge >= 0.3 is 5.97 Å². The monoisotopic (exact) mass is 420 g/mol. The summed E-state index contributed by atoms with van der Waals surface area (Å²) in [6.45, 7) is 1.73. The molecule has 0 saturated carbocycles. The first-order valence-electron chi connectivity index (χ1n) is 9.11. The highest BCUT2D eigenvalue weighted by Crippen LogP contribution is 2.33. The molecule has 7 heteroatoms. The zero-order chi connectivity index (χ0) is 21.4. The summed E-state index contributed by atoms with van der Waals surface area (Å²) in [7, 11) is 1.58. The third-order valence-electron chi connectivity index (χ3n) is 4.93. The number of carbonyl (C=O) groups is 2.